The molecular weight excluding hydrogens is 187 g/mol. The van der Waals surface area contributed by atoms with Gasteiger partial charge in [-0.15, -0.1) is 0 Å². The molecule has 1 atom stereocenters. The number of aliphatic hydroxyl groups excluding tert-OH is 1. The van der Waals surface area contributed by atoms with Gasteiger partial charge in [0.25, 0.3) is 0 Å². The number of benzene rings is 1. The van der Waals surface area contributed by atoms with E-state index < -0.39 is 17.6 Å². The monoisotopic (exact) mass is 200 g/mol. The summed E-state index contributed by atoms with van der Waals surface area (Å²) in [6.07, 6.45) is 0. The molecule has 0 amide bonds. The highest BCUT2D eigenvalue weighted by Crippen LogP contribution is 2.29. The Morgan fingerprint density at radius 3 is 2.71 bits per heavy atom. The van der Waals surface area contributed by atoms with Crippen molar-refractivity contribution in [2.24, 2.45) is 0 Å². The first kappa shape index (κ1) is 10.7. The first-order valence-corrected chi connectivity index (χ1v) is 4.16. The van der Waals surface area contributed by atoms with Crippen molar-refractivity contribution < 1.29 is 14.6 Å². The zero-order valence-corrected chi connectivity index (χ0v) is 7.79. The van der Waals surface area contributed by atoms with Crippen molar-refractivity contribution >= 4 is 5.69 Å². The molecule has 78 valence electrons. The quantitative estimate of drug-likeness (QED) is 0.420. The third kappa shape index (κ3) is 1.94. The summed E-state index contributed by atoms with van der Waals surface area (Å²) in [5, 5.41) is 21.1. The van der Waals surface area contributed by atoms with E-state index in [0.29, 0.717) is 0 Å². The van der Waals surface area contributed by atoms with Gasteiger partial charge in [0, 0.05) is 17.3 Å². The Bertz CT molecular complexity index is 327. The molecule has 1 aromatic rings. The Morgan fingerprint density at radius 1 is 1.57 bits per heavy atom. The van der Waals surface area contributed by atoms with Crippen molar-refractivity contribution in [2.45, 2.75) is 6.04 Å². The van der Waals surface area contributed by atoms with Gasteiger partial charge in [0.1, 0.15) is 0 Å². The van der Waals surface area contributed by atoms with Crippen LogP contribution >= 0.6 is 0 Å². The van der Waals surface area contributed by atoms with E-state index in [1.807, 2.05) is 0 Å². The fourth-order valence-electron chi connectivity index (χ4n) is 1.25. The van der Waals surface area contributed by atoms with Crippen LogP contribution in [0.4, 0.5) is 10.1 Å². The molecule has 5 heteroatoms. The molecule has 0 aromatic heterocycles. The maximum atomic E-state index is 13.0. The maximum absolute atomic E-state index is 13.0. The molecule has 0 aliphatic heterocycles. The second-order valence-electron chi connectivity index (χ2n) is 2.96. The molecule has 0 radical (unpaired) electrons. The van der Waals surface area contributed by atoms with Crippen molar-refractivity contribution in [1.29, 1.82) is 0 Å². The average Bonchev–Trinajstić information content (AvgIpc) is 2.15. The van der Waals surface area contributed by atoms with Gasteiger partial charge in [-0.05, 0) is 13.1 Å². The minimum Gasteiger partial charge on any atom is -0.505 e. The molecular formula is C9H13FN2O2. The summed E-state index contributed by atoms with van der Waals surface area (Å²) in [4.78, 5) is 0. The van der Waals surface area contributed by atoms with Crippen LogP contribution in [0, 0.1) is 5.82 Å². The lowest BCUT2D eigenvalue weighted by atomic mass is 10.1. The normalized spacial score (nSPS) is 12.8. The van der Waals surface area contributed by atoms with Crippen molar-refractivity contribution in [2.75, 3.05) is 19.4 Å². The van der Waals surface area contributed by atoms with E-state index in [1.54, 1.807) is 7.05 Å². The zero-order chi connectivity index (χ0) is 10.7. The molecule has 0 bridgehead atoms. The summed E-state index contributed by atoms with van der Waals surface area (Å²) in [5.41, 5.74) is 5.88. The van der Waals surface area contributed by atoms with Gasteiger partial charge in [-0.3, -0.25) is 0 Å². The van der Waals surface area contributed by atoms with Crippen LogP contribution in [0.3, 0.4) is 0 Å². The Kier molecular flexibility index (Phi) is 3.27. The van der Waals surface area contributed by atoms with Gasteiger partial charge >= 0.3 is 0 Å². The minimum atomic E-state index is -0.784. The fraction of sp³-hybridized carbons (Fsp3) is 0.333. The number of likely N-dealkylation sites (N-methyl/N-ethyl adjacent to an activating group) is 1. The second kappa shape index (κ2) is 4.26. The third-order valence-electron chi connectivity index (χ3n) is 2.02. The largest absolute Gasteiger partial charge is 0.505 e. The molecule has 0 spiro atoms. The molecule has 5 N–H and O–H groups in total. The number of nitrogen functional groups attached to an aromatic ring is 1. The van der Waals surface area contributed by atoms with E-state index in [9.17, 15) is 9.50 Å². The number of phenols is 1. The lowest BCUT2D eigenvalue weighted by molar-refractivity contribution is 0.247. The third-order valence-corrected chi connectivity index (χ3v) is 2.02. The summed E-state index contributed by atoms with van der Waals surface area (Å²) >= 11 is 0. The molecule has 1 aromatic carbocycles. The van der Waals surface area contributed by atoms with Crippen molar-refractivity contribution in [3.63, 3.8) is 0 Å². The Balaban J connectivity index is 3.18. The number of nitrogens with two attached hydrogens (primary N) is 1. The Hall–Kier alpha value is -1.33. The Labute approximate surface area is 81.2 Å². The number of aliphatic hydroxyl groups is 1. The Morgan fingerprint density at radius 2 is 2.21 bits per heavy atom. The van der Waals surface area contributed by atoms with Crippen molar-refractivity contribution in [3.8, 4) is 5.75 Å². The number of hydrogen-bond acceptors (Lipinski definition) is 4. The SMILES string of the molecule is CN[C@H](CO)c1cc(N)cc(F)c1O. The number of rotatable bonds is 3. The van der Waals surface area contributed by atoms with E-state index in [-0.39, 0.29) is 17.9 Å². The smallest absolute Gasteiger partial charge is 0.167 e. The standard InChI is InChI=1S/C9H13FN2O2/c1-12-8(4-13)6-2-5(11)3-7(10)9(6)14/h2-3,8,12-14H,4,11H2,1H3/t8-/m1/s1. The number of halogens is 1. The lowest BCUT2D eigenvalue weighted by Gasteiger charge is -2.15. The highest BCUT2D eigenvalue weighted by Gasteiger charge is 2.16. The highest BCUT2D eigenvalue weighted by atomic mass is 19.1. The number of anilines is 1. The van der Waals surface area contributed by atoms with E-state index in [4.69, 9.17) is 10.8 Å². The summed E-state index contributed by atoms with van der Waals surface area (Å²) < 4.78 is 13.0. The zero-order valence-electron chi connectivity index (χ0n) is 7.79. The first-order valence-electron chi connectivity index (χ1n) is 4.16. The number of aromatic hydroxyl groups is 1. The molecule has 0 saturated carbocycles. The predicted octanol–water partition coefficient (Wildman–Crippen LogP) is 0.366. The molecule has 0 aliphatic rings. The van der Waals surface area contributed by atoms with Crippen LogP contribution < -0.4 is 11.1 Å². The minimum absolute atomic E-state index is 0.212. The van der Waals surface area contributed by atoms with Crippen LogP contribution in [0.1, 0.15) is 11.6 Å². The number of phenolic OH excluding ortho intramolecular Hbond substituents is 1. The van der Waals surface area contributed by atoms with E-state index in [1.165, 1.54) is 6.07 Å². The van der Waals surface area contributed by atoms with Crippen molar-refractivity contribution in [1.82, 2.24) is 5.32 Å². The van der Waals surface area contributed by atoms with E-state index in [0.717, 1.165) is 6.07 Å². The van der Waals surface area contributed by atoms with Crippen LogP contribution in [0.5, 0.6) is 5.75 Å². The van der Waals surface area contributed by atoms with Crippen molar-refractivity contribution in [3.05, 3.63) is 23.5 Å². The average molecular weight is 200 g/mol. The first-order chi connectivity index (χ1) is 6.60. The number of nitrogens with one attached hydrogen (secondary N) is 1. The lowest BCUT2D eigenvalue weighted by Crippen LogP contribution is -2.20. The second-order valence-corrected chi connectivity index (χ2v) is 2.96. The molecule has 14 heavy (non-hydrogen) atoms. The van der Waals surface area contributed by atoms with Crippen LogP contribution in [0.2, 0.25) is 0 Å². The summed E-state index contributed by atoms with van der Waals surface area (Å²) in [6.45, 7) is -0.243. The molecule has 0 saturated heterocycles. The van der Waals surface area contributed by atoms with Gasteiger partial charge in [-0.25, -0.2) is 4.39 Å². The summed E-state index contributed by atoms with van der Waals surface area (Å²) in [6, 6.07) is 1.94. The van der Waals surface area contributed by atoms with E-state index in [2.05, 4.69) is 5.32 Å². The molecule has 1 rings (SSSR count). The molecule has 0 unspecified atom stereocenters. The van der Waals surface area contributed by atoms with Crippen LogP contribution in [0.25, 0.3) is 0 Å². The number of hydrogen-bond donors (Lipinski definition) is 4. The topological polar surface area (TPSA) is 78.5 Å². The molecule has 0 heterocycles. The van der Waals surface area contributed by atoms with Gasteiger partial charge in [0.05, 0.1) is 12.6 Å². The summed E-state index contributed by atoms with van der Waals surface area (Å²) in [5.74, 6) is -1.26. The van der Waals surface area contributed by atoms with Gasteiger partial charge < -0.3 is 21.3 Å². The van der Waals surface area contributed by atoms with Gasteiger partial charge in [-0.2, -0.15) is 0 Å². The maximum Gasteiger partial charge on any atom is 0.167 e. The van der Waals surface area contributed by atoms with Crippen LogP contribution in [0.15, 0.2) is 12.1 Å². The molecule has 4 nitrogen and oxygen atoms in total. The molecule has 0 fully saturated rings. The predicted molar refractivity (Wildman–Crippen MR) is 51.4 cm³/mol. The fourth-order valence-corrected chi connectivity index (χ4v) is 1.25. The van der Waals surface area contributed by atoms with Crippen LogP contribution in [-0.2, 0) is 0 Å². The van der Waals surface area contributed by atoms with Gasteiger partial charge in [0.2, 0.25) is 0 Å². The van der Waals surface area contributed by atoms with E-state index >= 15 is 0 Å². The van der Waals surface area contributed by atoms with Gasteiger partial charge in [0.15, 0.2) is 11.6 Å². The van der Waals surface area contributed by atoms with Gasteiger partial charge in [-0.1, -0.05) is 0 Å². The highest BCUT2D eigenvalue weighted by molar-refractivity contribution is 5.49. The molecule has 0 aliphatic carbocycles. The van der Waals surface area contributed by atoms with Crippen LogP contribution in [-0.4, -0.2) is 23.9 Å². The summed E-state index contributed by atoms with van der Waals surface area (Å²) in [7, 11) is 1.60.